The Balaban J connectivity index is 0.926. The van der Waals surface area contributed by atoms with E-state index in [2.05, 4.69) is 180 Å². The Morgan fingerprint density at radius 2 is 0.957 bits per heavy atom. The van der Waals surface area contributed by atoms with Crippen molar-refractivity contribution in [1.29, 1.82) is 0 Å². The maximum atomic E-state index is 16.2. The fourth-order valence-electron chi connectivity index (χ4n) is 10.9. The van der Waals surface area contributed by atoms with Crippen molar-refractivity contribution in [2.24, 2.45) is 0 Å². The highest BCUT2D eigenvalue weighted by Crippen LogP contribution is 2.70. The Labute approximate surface area is 402 Å². The van der Waals surface area contributed by atoms with Gasteiger partial charge in [-0.2, -0.15) is 0 Å². The lowest BCUT2D eigenvalue weighted by atomic mass is 9.82. The van der Waals surface area contributed by atoms with Crippen molar-refractivity contribution >= 4 is 74.5 Å². The van der Waals surface area contributed by atoms with Crippen LogP contribution in [0.2, 0.25) is 0 Å². The highest BCUT2D eigenvalue weighted by molar-refractivity contribution is 7.76. The van der Waals surface area contributed by atoms with E-state index in [1.807, 2.05) is 91.0 Å². The monoisotopic (exact) mass is 907 g/mol. The fraction of sp³-hybridized carbons (Fsp3) is 0.0476. The fourth-order valence-corrected chi connectivity index (χ4v) is 13.9. The minimum absolute atomic E-state index is 0.158. The molecule has 330 valence electrons. The van der Waals surface area contributed by atoms with Crippen molar-refractivity contribution in [2.75, 3.05) is 14.2 Å². The third-order valence-corrected chi connectivity index (χ3v) is 17.1. The van der Waals surface area contributed by atoms with Gasteiger partial charge in [-0.3, -0.25) is 13.9 Å². The van der Waals surface area contributed by atoms with Crippen LogP contribution in [0.3, 0.4) is 0 Å². The molecule has 0 N–H and O–H groups in total. The normalized spacial score (nSPS) is 15.6. The SMILES string of the molecule is CC1(C)c2ccccc2-c2ccc(N(c3ccc(-c4ccc5c(c4)N(c4ccccc4)P(=O)(c4ccccc4)N5c4ccccc4)cc3)c3ccc(-c4cccc5oc6ccccc6c45)cc3)cc21. The van der Waals surface area contributed by atoms with Crippen LogP contribution in [0.1, 0.15) is 25.0 Å². The summed E-state index contributed by atoms with van der Waals surface area (Å²) >= 11 is 0. The molecule has 0 bridgehead atoms. The molecule has 10 aromatic carbocycles. The number of rotatable bonds is 8. The largest absolute Gasteiger partial charge is 0.456 e. The molecule has 11 aromatic rings. The molecule has 6 heteroatoms. The first-order valence-electron chi connectivity index (χ1n) is 23.5. The average molecular weight is 908 g/mol. The Kier molecular flexibility index (Phi) is 9.40. The van der Waals surface area contributed by atoms with Gasteiger partial charge >= 0.3 is 7.44 Å². The summed E-state index contributed by atoms with van der Waals surface area (Å²) in [5.41, 5.74) is 17.9. The van der Waals surface area contributed by atoms with E-state index >= 15 is 4.57 Å². The van der Waals surface area contributed by atoms with E-state index in [-0.39, 0.29) is 5.41 Å². The van der Waals surface area contributed by atoms with Crippen molar-refractivity contribution in [3.63, 3.8) is 0 Å². The summed E-state index contributed by atoms with van der Waals surface area (Å²) in [5, 5.41) is 3.01. The smallest absolute Gasteiger partial charge is 0.301 e. The summed E-state index contributed by atoms with van der Waals surface area (Å²) in [6.45, 7) is 4.67. The van der Waals surface area contributed by atoms with Crippen molar-refractivity contribution < 1.29 is 8.98 Å². The third kappa shape index (κ3) is 6.42. The third-order valence-electron chi connectivity index (χ3n) is 14.2. The molecule has 1 unspecified atom stereocenters. The molecule has 0 fully saturated rings. The average Bonchev–Trinajstić information content (AvgIpc) is 4.00. The van der Waals surface area contributed by atoms with Crippen molar-refractivity contribution in [3.8, 4) is 33.4 Å². The number of anilines is 7. The van der Waals surface area contributed by atoms with Gasteiger partial charge in [0.1, 0.15) is 11.2 Å². The van der Waals surface area contributed by atoms with Gasteiger partial charge in [0.2, 0.25) is 0 Å². The van der Waals surface area contributed by atoms with Crippen LogP contribution in [0.5, 0.6) is 0 Å². The van der Waals surface area contributed by atoms with Gasteiger partial charge in [-0.25, -0.2) is 0 Å². The molecular weight excluding hydrogens is 862 g/mol. The van der Waals surface area contributed by atoms with Crippen molar-refractivity contribution in [3.05, 3.63) is 254 Å². The van der Waals surface area contributed by atoms with Crippen LogP contribution in [0, 0.1) is 0 Å². The topological polar surface area (TPSA) is 39.9 Å². The van der Waals surface area contributed by atoms with Crippen molar-refractivity contribution in [1.82, 2.24) is 0 Å². The molecule has 13 rings (SSSR count). The highest BCUT2D eigenvalue weighted by atomic mass is 31.2. The van der Waals surface area contributed by atoms with E-state index in [4.69, 9.17) is 4.42 Å². The van der Waals surface area contributed by atoms with Gasteiger partial charge < -0.3 is 9.32 Å². The van der Waals surface area contributed by atoms with Crippen LogP contribution in [0.15, 0.2) is 247 Å². The Morgan fingerprint density at radius 1 is 0.420 bits per heavy atom. The predicted octanol–water partition coefficient (Wildman–Crippen LogP) is 17.5. The molecule has 2 heterocycles. The van der Waals surface area contributed by atoms with Gasteiger partial charge in [0.25, 0.3) is 0 Å². The second-order valence-corrected chi connectivity index (χ2v) is 20.9. The molecule has 5 nitrogen and oxygen atoms in total. The summed E-state index contributed by atoms with van der Waals surface area (Å²) in [7, 11) is -3.49. The van der Waals surface area contributed by atoms with Gasteiger partial charge in [0, 0.05) is 44.6 Å². The maximum absolute atomic E-state index is 16.2. The number of furan rings is 1. The van der Waals surface area contributed by atoms with Crippen LogP contribution >= 0.6 is 7.44 Å². The van der Waals surface area contributed by atoms with Gasteiger partial charge in [-0.1, -0.05) is 159 Å². The van der Waals surface area contributed by atoms with Gasteiger partial charge in [-0.15, -0.1) is 0 Å². The second-order valence-electron chi connectivity index (χ2n) is 18.5. The number of benzene rings is 10. The summed E-state index contributed by atoms with van der Waals surface area (Å²) in [5.74, 6) is 0. The molecule has 69 heavy (non-hydrogen) atoms. The molecule has 1 aliphatic heterocycles. The summed E-state index contributed by atoms with van der Waals surface area (Å²) in [6.07, 6.45) is 0. The molecule has 0 spiro atoms. The Morgan fingerprint density at radius 3 is 1.67 bits per heavy atom. The predicted molar refractivity (Wildman–Crippen MR) is 288 cm³/mol. The summed E-state index contributed by atoms with van der Waals surface area (Å²) < 4.78 is 26.6. The Hall–Kier alpha value is -8.37. The zero-order valence-electron chi connectivity index (χ0n) is 38.2. The van der Waals surface area contributed by atoms with E-state index in [0.717, 1.165) is 89.3 Å². The molecule has 2 aliphatic rings. The first kappa shape index (κ1) is 40.9. The molecule has 1 aliphatic carbocycles. The van der Waals surface area contributed by atoms with Gasteiger partial charge in [0.15, 0.2) is 0 Å². The van der Waals surface area contributed by atoms with Crippen LogP contribution in [0.4, 0.5) is 39.8 Å². The van der Waals surface area contributed by atoms with E-state index in [9.17, 15) is 0 Å². The number of nitrogens with zero attached hydrogens (tertiary/aromatic N) is 3. The second kappa shape index (κ2) is 15.9. The quantitative estimate of drug-likeness (QED) is 0.142. The van der Waals surface area contributed by atoms with E-state index in [1.54, 1.807) is 0 Å². The maximum Gasteiger partial charge on any atom is 0.301 e. The molecular formula is C63H46N3O2P. The Bertz CT molecular complexity index is 3790. The molecule has 0 saturated heterocycles. The molecule has 1 atom stereocenters. The number of hydrogen-bond donors (Lipinski definition) is 0. The van der Waals surface area contributed by atoms with Gasteiger partial charge in [0.05, 0.1) is 16.7 Å². The van der Waals surface area contributed by atoms with Crippen LogP contribution in [0.25, 0.3) is 55.3 Å². The minimum Gasteiger partial charge on any atom is -0.456 e. The lowest BCUT2D eigenvalue weighted by Gasteiger charge is -2.33. The highest BCUT2D eigenvalue weighted by Gasteiger charge is 2.49. The lowest BCUT2D eigenvalue weighted by molar-refractivity contribution is 0.582. The molecule has 1 aromatic heterocycles. The van der Waals surface area contributed by atoms with Crippen LogP contribution < -0.4 is 19.5 Å². The number of hydrogen-bond acceptors (Lipinski definition) is 3. The summed E-state index contributed by atoms with van der Waals surface area (Å²) in [6, 6.07) is 84.8. The number of para-hydroxylation sites is 3. The van der Waals surface area contributed by atoms with Crippen LogP contribution in [-0.4, -0.2) is 0 Å². The van der Waals surface area contributed by atoms with Crippen LogP contribution in [-0.2, 0) is 9.98 Å². The van der Waals surface area contributed by atoms with Crippen molar-refractivity contribution in [2.45, 2.75) is 19.3 Å². The van der Waals surface area contributed by atoms with E-state index < -0.39 is 7.44 Å². The van der Waals surface area contributed by atoms with E-state index in [0.29, 0.717) is 0 Å². The van der Waals surface area contributed by atoms with Gasteiger partial charge in [-0.05, 0) is 142 Å². The summed E-state index contributed by atoms with van der Waals surface area (Å²) in [4.78, 5) is 2.37. The zero-order valence-corrected chi connectivity index (χ0v) is 39.1. The first-order chi connectivity index (χ1) is 33.9. The first-order valence-corrected chi connectivity index (χ1v) is 25.1. The number of fused-ring (bicyclic) bond motifs is 7. The molecule has 0 amide bonds. The molecule has 0 radical (unpaired) electrons. The zero-order chi connectivity index (χ0) is 46.3. The van der Waals surface area contributed by atoms with E-state index in [1.165, 1.54) is 22.3 Å². The lowest BCUT2D eigenvalue weighted by Crippen LogP contribution is -2.26. The molecule has 0 saturated carbocycles. The standard InChI is InChI=1S/C63H46N3O2P/c1-63(2)56-26-14-12-23-53(56)54-39-38-50(42-57(54)63)64(47-36-31-44(32-37-47)52-25-16-28-61-62(52)55-24-13-15-27-60(55)68-61)46-34-29-43(30-35-46)45-33-40-58-59(41-45)66(49-19-8-4-9-20-49)69(67,51-21-10-5-11-22-51)65(58)48-17-6-3-7-18-48/h3-42H,1-2H3. The minimum atomic E-state index is -3.49.